The molecule has 2 heteroatoms. The first-order chi connectivity index (χ1) is 5.68. The topological polar surface area (TPSA) is 30.9 Å². The number of nitrogen functional groups attached to an aromatic ring is 1. The molecule has 2 nitrogen and oxygen atoms in total. The number of nitrogens with zero attached hydrogens (tertiary/aromatic N) is 1. The van der Waals surface area contributed by atoms with Crippen LogP contribution in [0.25, 0.3) is 10.8 Å². The molecule has 0 saturated carbocycles. The van der Waals surface area contributed by atoms with Crippen LogP contribution in [0.15, 0.2) is 24.4 Å². The van der Waals surface area contributed by atoms with E-state index >= 15 is 0 Å². The van der Waals surface area contributed by atoms with Gasteiger partial charge in [-0.15, -0.1) is 0 Å². The number of aromatic nitrogens is 1. The zero-order chi connectivity index (χ0) is 8.72. The van der Waals surface area contributed by atoms with Crippen LogP contribution in [0.4, 0.5) is 5.69 Å². The molecule has 2 rings (SSSR count). The lowest BCUT2D eigenvalue weighted by molar-refractivity contribution is 0.889. The summed E-state index contributed by atoms with van der Waals surface area (Å²) in [5.41, 5.74) is 7.78. The number of hydrogen-bond acceptors (Lipinski definition) is 1. The van der Waals surface area contributed by atoms with Gasteiger partial charge in [0.25, 0.3) is 0 Å². The quantitative estimate of drug-likeness (QED) is 0.587. The summed E-state index contributed by atoms with van der Waals surface area (Å²) in [6, 6.07) is 6.00. The molecular weight excluding hydrogens is 148 g/mol. The minimum Gasteiger partial charge on any atom is -0.399 e. The predicted octanol–water partition coefficient (Wildman–Crippen LogP) is 2.07. The minimum absolute atomic E-state index is 0.830. The van der Waals surface area contributed by atoms with E-state index in [1.54, 1.807) is 0 Å². The van der Waals surface area contributed by atoms with Crippen molar-refractivity contribution in [1.82, 2.24) is 4.57 Å². The van der Waals surface area contributed by atoms with E-state index in [1.807, 2.05) is 19.2 Å². The van der Waals surface area contributed by atoms with Crippen LogP contribution in [0, 0.1) is 6.92 Å². The molecular formula is C10H12N2. The molecule has 12 heavy (non-hydrogen) atoms. The van der Waals surface area contributed by atoms with Gasteiger partial charge in [0.05, 0.1) is 0 Å². The van der Waals surface area contributed by atoms with Gasteiger partial charge in [-0.1, -0.05) is 6.07 Å². The molecule has 0 spiro atoms. The van der Waals surface area contributed by atoms with E-state index in [4.69, 9.17) is 5.73 Å². The van der Waals surface area contributed by atoms with Crippen LogP contribution >= 0.6 is 0 Å². The molecule has 0 aliphatic carbocycles. The second-order valence-corrected chi connectivity index (χ2v) is 3.17. The lowest BCUT2D eigenvalue weighted by Gasteiger charge is -1.95. The average Bonchev–Trinajstić information content (AvgIpc) is 2.31. The molecule has 0 aliphatic rings. The fourth-order valence-corrected chi connectivity index (χ4v) is 1.50. The van der Waals surface area contributed by atoms with Crippen molar-refractivity contribution in [2.24, 2.45) is 7.05 Å². The molecule has 0 unspecified atom stereocenters. The van der Waals surface area contributed by atoms with E-state index in [-0.39, 0.29) is 0 Å². The minimum atomic E-state index is 0.830. The van der Waals surface area contributed by atoms with Crippen molar-refractivity contribution in [3.05, 3.63) is 30.1 Å². The van der Waals surface area contributed by atoms with Gasteiger partial charge in [0, 0.05) is 30.0 Å². The number of anilines is 1. The number of benzene rings is 1. The molecule has 0 bridgehead atoms. The summed E-state index contributed by atoms with van der Waals surface area (Å²) in [5.74, 6) is 0. The normalized spacial score (nSPS) is 10.8. The van der Waals surface area contributed by atoms with Crippen LogP contribution in [-0.4, -0.2) is 4.57 Å². The maximum Gasteiger partial charge on any atom is 0.0321 e. The van der Waals surface area contributed by atoms with Gasteiger partial charge in [-0.05, 0) is 24.4 Å². The van der Waals surface area contributed by atoms with Gasteiger partial charge < -0.3 is 10.3 Å². The van der Waals surface area contributed by atoms with Crippen molar-refractivity contribution in [3.63, 3.8) is 0 Å². The largest absolute Gasteiger partial charge is 0.399 e. The van der Waals surface area contributed by atoms with Gasteiger partial charge in [0.15, 0.2) is 0 Å². The third kappa shape index (κ3) is 0.881. The summed E-state index contributed by atoms with van der Waals surface area (Å²) in [4.78, 5) is 0. The molecule has 0 amide bonds. The maximum atomic E-state index is 5.69. The first kappa shape index (κ1) is 7.22. The van der Waals surface area contributed by atoms with Crippen LogP contribution in [-0.2, 0) is 7.05 Å². The fraction of sp³-hybridized carbons (Fsp3) is 0.200. The molecule has 2 aromatic rings. The Labute approximate surface area is 71.6 Å². The first-order valence-electron chi connectivity index (χ1n) is 3.99. The van der Waals surface area contributed by atoms with Crippen molar-refractivity contribution in [2.75, 3.05) is 5.73 Å². The van der Waals surface area contributed by atoms with Crippen molar-refractivity contribution in [1.29, 1.82) is 0 Å². The number of aryl methyl sites for hydroxylation is 2. The van der Waals surface area contributed by atoms with Gasteiger partial charge in [-0.25, -0.2) is 0 Å². The molecule has 0 fully saturated rings. The van der Waals surface area contributed by atoms with E-state index in [0.29, 0.717) is 0 Å². The third-order valence-corrected chi connectivity index (χ3v) is 2.33. The van der Waals surface area contributed by atoms with Crippen molar-refractivity contribution >= 4 is 16.5 Å². The Bertz CT molecular complexity index is 427. The number of hydrogen-bond donors (Lipinski definition) is 1. The summed E-state index contributed by atoms with van der Waals surface area (Å²) in [7, 11) is 2.05. The van der Waals surface area contributed by atoms with Gasteiger partial charge in [-0.3, -0.25) is 0 Å². The molecule has 0 saturated heterocycles. The first-order valence-corrected chi connectivity index (χ1v) is 3.99. The van der Waals surface area contributed by atoms with Crippen LogP contribution in [0.1, 0.15) is 5.69 Å². The maximum absolute atomic E-state index is 5.69. The van der Waals surface area contributed by atoms with Crippen molar-refractivity contribution < 1.29 is 0 Å². The van der Waals surface area contributed by atoms with Crippen LogP contribution < -0.4 is 5.73 Å². The van der Waals surface area contributed by atoms with Gasteiger partial charge >= 0.3 is 0 Å². The Morgan fingerprint density at radius 3 is 2.83 bits per heavy atom. The molecule has 2 N–H and O–H groups in total. The Kier molecular flexibility index (Phi) is 1.37. The standard InChI is InChI=1S/C10H12N2/c1-7-10-5-9(11)4-3-8(10)6-12(7)2/h3-6H,11H2,1-2H3. The van der Waals surface area contributed by atoms with Gasteiger partial charge in [-0.2, -0.15) is 0 Å². The number of fused-ring (bicyclic) bond motifs is 1. The Balaban J connectivity index is 2.88. The highest BCUT2D eigenvalue weighted by molar-refractivity contribution is 5.87. The summed E-state index contributed by atoms with van der Waals surface area (Å²) >= 11 is 0. The Hall–Kier alpha value is -1.44. The predicted molar refractivity (Wildman–Crippen MR) is 52.1 cm³/mol. The Morgan fingerprint density at radius 1 is 1.33 bits per heavy atom. The van der Waals surface area contributed by atoms with Crippen molar-refractivity contribution in [3.8, 4) is 0 Å². The lowest BCUT2D eigenvalue weighted by atomic mass is 10.2. The van der Waals surface area contributed by atoms with Crippen LogP contribution in [0.3, 0.4) is 0 Å². The average molecular weight is 160 g/mol. The third-order valence-electron chi connectivity index (χ3n) is 2.33. The SMILES string of the molecule is Cc1c2cc(N)ccc2cn1C. The molecule has 1 aromatic heterocycles. The molecule has 0 radical (unpaired) electrons. The van der Waals surface area contributed by atoms with E-state index < -0.39 is 0 Å². The van der Waals surface area contributed by atoms with Crippen molar-refractivity contribution in [2.45, 2.75) is 6.92 Å². The highest BCUT2D eigenvalue weighted by Crippen LogP contribution is 2.21. The smallest absolute Gasteiger partial charge is 0.0321 e. The molecule has 62 valence electrons. The molecule has 0 atom stereocenters. The van der Waals surface area contributed by atoms with E-state index in [0.717, 1.165) is 5.69 Å². The summed E-state index contributed by atoms with van der Waals surface area (Å²) < 4.78 is 2.12. The zero-order valence-corrected chi connectivity index (χ0v) is 7.33. The van der Waals surface area contributed by atoms with E-state index in [2.05, 4.69) is 23.8 Å². The lowest BCUT2D eigenvalue weighted by Crippen LogP contribution is -1.86. The summed E-state index contributed by atoms with van der Waals surface area (Å²) in [6.07, 6.45) is 2.12. The van der Waals surface area contributed by atoms with E-state index in [1.165, 1.54) is 16.5 Å². The fourth-order valence-electron chi connectivity index (χ4n) is 1.50. The Morgan fingerprint density at radius 2 is 2.08 bits per heavy atom. The van der Waals surface area contributed by atoms with E-state index in [9.17, 15) is 0 Å². The summed E-state index contributed by atoms with van der Waals surface area (Å²) in [5, 5.41) is 2.50. The highest BCUT2D eigenvalue weighted by Gasteiger charge is 2.01. The monoisotopic (exact) mass is 160 g/mol. The highest BCUT2D eigenvalue weighted by atomic mass is 14.9. The summed E-state index contributed by atoms with van der Waals surface area (Å²) in [6.45, 7) is 2.10. The molecule has 0 aliphatic heterocycles. The van der Waals surface area contributed by atoms with Gasteiger partial charge in [0.1, 0.15) is 0 Å². The second-order valence-electron chi connectivity index (χ2n) is 3.17. The van der Waals surface area contributed by atoms with Crippen LogP contribution in [0.5, 0.6) is 0 Å². The zero-order valence-electron chi connectivity index (χ0n) is 7.33. The molecule has 1 aromatic carbocycles. The second kappa shape index (κ2) is 2.27. The number of nitrogens with two attached hydrogens (primary N) is 1. The van der Waals surface area contributed by atoms with Crippen LogP contribution in [0.2, 0.25) is 0 Å². The molecule has 1 heterocycles. The number of rotatable bonds is 0. The van der Waals surface area contributed by atoms with Gasteiger partial charge in [0.2, 0.25) is 0 Å².